The number of hydrogen-bond acceptors (Lipinski definition) is 20. The molecule has 0 saturated carbocycles. The van der Waals surface area contributed by atoms with E-state index in [9.17, 15) is 33.4 Å². The number of nitrogens with two attached hydrogens (primary N) is 1. The number of carboxylic acid groups (broad SMARTS) is 1. The van der Waals surface area contributed by atoms with E-state index in [0.29, 0.717) is 95.7 Å². The SMILES string of the molecule is CCCN(CCC)C(=O)c1cc(C(=O)O)cc(-c2ncco2)c1.CCCN(CCC)Cc1cc(C(=O)N[C@@H](Cc2cc(F)cc(F)c2)[C@H](O)CNCc2ccnc(CN(C)C)c2)cc(-c2ncco2)c1.CN(C)Cc1cc(CN)ccn1.N#Cc1cc[n+](O)cc1.N#Cc1ccnc(CO)c1. The van der Waals surface area contributed by atoms with E-state index in [1.165, 1.54) is 73.7 Å². The van der Waals surface area contributed by atoms with Crippen LogP contribution in [0.25, 0.3) is 22.9 Å². The quantitative estimate of drug-likeness (QED) is 0.0169. The molecule has 8 N–H and O–H groups in total. The number of nitrogens with one attached hydrogen (secondary N) is 2. The van der Waals surface area contributed by atoms with Crippen molar-refractivity contribution >= 4 is 17.8 Å². The van der Waals surface area contributed by atoms with Gasteiger partial charge in [-0.25, -0.2) is 23.5 Å². The van der Waals surface area contributed by atoms with Crippen LogP contribution >= 0.6 is 0 Å². The van der Waals surface area contributed by atoms with Gasteiger partial charge in [0.1, 0.15) is 24.2 Å². The molecule has 0 saturated heterocycles. The molecule has 2 atom stereocenters. The molecule has 0 fully saturated rings. The number of carboxylic acids is 1. The van der Waals surface area contributed by atoms with E-state index >= 15 is 0 Å². The molecule has 3 aromatic carbocycles. The lowest BCUT2D eigenvalue weighted by Gasteiger charge is -2.25. The summed E-state index contributed by atoms with van der Waals surface area (Å²) in [6, 6.07) is 30.3. The third-order valence-corrected chi connectivity index (χ3v) is 14.6. The monoisotopic (exact) mass is 1380 g/mol. The van der Waals surface area contributed by atoms with Crippen molar-refractivity contribution in [2.24, 2.45) is 5.73 Å². The molecule has 0 spiro atoms. The molecule has 534 valence electrons. The Kier molecular flexibility index (Phi) is 35.2. The minimum absolute atomic E-state index is 0.0125. The average Bonchev–Trinajstić information content (AvgIpc) is 1.79. The smallest absolute Gasteiger partial charge is 0.335 e. The number of oxazole rings is 2. The fraction of sp³-hybridized carbons (Fsp3) is 0.347. The number of carbonyl (C=O) groups is 3. The summed E-state index contributed by atoms with van der Waals surface area (Å²) in [5, 5.41) is 60.7. The highest BCUT2D eigenvalue weighted by molar-refractivity contribution is 5.99. The number of nitriles is 2. The number of aliphatic hydroxyl groups excluding tert-OH is 2. The highest BCUT2D eigenvalue weighted by Gasteiger charge is 2.25. The zero-order chi connectivity index (χ0) is 73.6. The van der Waals surface area contributed by atoms with Crippen LogP contribution in [0.5, 0.6) is 0 Å². The van der Waals surface area contributed by atoms with Crippen LogP contribution in [0.2, 0.25) is 0 Å². The predicted octanol–water partition coefficient (Wildman–Crippen LogP) is 9.62. The first-order chi connectivity index (χ1) is 48.6. The summed E-state index contributed by atoms with van der Waals surface area (Å²) in [7, 11) is 7.99. The lowest BCUT2D eigenvalue weighted by molar-refractivity contribution is -0.904. The van der Waals surface area contributed by atoms with Crippen molar-refractivity contribution in [1.29, 1.82) is 10.5 Å². The second-order valence-electron chi connectivity index (χ2n) is 23.9. The van der Waals surface area contributed by atoms with Gasteiger partial charge in [-0.15, -0.1) is 0 Å². The molecule has 6 aromatic heterocycles. The minimum atomic E-state index is -1.09. The first kappa shape index (κ1) is 81.1. The number of halogens is 2. The van der Waals surface area contributed by atoms with Crippen molar-refractivity contribution in [2.75, 3.05) is 60.9 Å². The Bertz CT molecular complexity index is 4020. The van der Waals surface area contributed by atoms with Crippen LogP contribution in [0.15, 0.2) is 168 Å². The molecule has 2 amide bonds. The first-order valence-electron chi connectivity index (χ1n) is 33.0. The van der Waals surface area contributed by atoms with Crippen molar-refractivity contribution in [3.8, 4) is 35.0 Å². The maximum atomic E-state index is 14.1. The van der Waals surface area contributed by atoms with E-state index in [1.54, 1.807) is 47.8 Å². The summed E-state index contributed by atoms with van der Waals surface area (Å²) >= 11 is 0. The number of benzene rings is 3. The molecule has 0 radical (unpaired) electrons. The van der Waals surface area contributed by atoms with Gasteiger partial charge in [0.05, 0.1) is 77.1 Å². The van der Waals surface area contributed by atoms with Crippen LogP contribution < -0.4 is 21.1 Å². The predicted molar refractivity (Wildman–Crippen MR) is 377 cm³/mol. The number of hydrogen-bond donors (Lipinski definition) is 7. The molecule has 9 rings (SSSR count). The van der Waals surface area contributed by atoms with Crippen LogP contribution in [0.3, 0.4) is 0 Å². The largest absolute Gasteiger partial charge is 0.478 e. The van der Waals surface area contributed by atoms with Crippen molar-refractivity contribution < 1.29 is 57.3 Å². The van der Waals surface area contributed by atoms with Crippen molar-refractivity contribution in [3.63, 3.8) is 0 Å². The van der Waals surface area contributed by atoms with Crippen LogP contribution in [-0.4, -0.2) is 156 Å². The number of nitrogens with zero attached hydrogens (tertiary/aromatic N) is 12. The molecule has 0 aliphatic rings. The second-order valence-corrected chi connectivity index (χ2v) is 23.9. The number of aromatic carboxylic acids is 1. The summed E-state index contributed by atoms with van der Waals surface area (Å²) in [4.78, 5) is 66.8. The topological polar surface area (TPSA) is 337 Å². The fourth-order valence-corrected chi connectivity index (χ4v) is 10.2. The summed E-state index contributed by atoms with van der Waals surface area (Å²) in [5.74, 6) is -2.47. The molecular weight excluding hydrogens is 1290 g/mol. The van der Waals surface area contributed by atoms with Gasteiger partial charge in [-0.1, -0.05) is 27.7 Å². The van der Waals surface area contributed by atoms with E-state index in [1.807, 2.05) is 95.5 Å². The zero-order valence-corrected chi connectivity index (χ0v) is 58.5. The number of aliphatic hydroxyl groups is 2. The molecule has 0 bridgehead atoms. The third kappa shape index (κ3) is 29.1. The Morgan fingerprint density at radius 3 is 1.66 bits per heavy atom. The van der Waals surface area contributed by atoms with Gasteiger partial charge in [0, 0.05) is 116 Å². The van der Waals surface area contributed by atoms with Crippen LogP contribution in [-0.2, 0) is 45.8 Å². The first-order valence-corrected chi connectivity index (χ1v) is 33.0. The fourth-order valence-electron chi connectivity index (χ4n) is 10.2. The molecule has 6 heterocycles. The maximum Gasteiger partial charge on any atom is 0.335 e. The number of rotatable bonds is 29. The number of aromatic nitrogens is 6. The maximum absolute atomic E-state index is 14.1. The normalized spacial score (nSPS) is 11.3. The molecule has 0 aliphatic carbocycles. The summed E-state index contributed by atoms with van der Waals surface area (Å²) < 4.78 is 39.9. The Morgan fingerprint density at radius 1 is 0.604 bits per heavy atom. The highest BCUT2D eigenvalue weighted by Crippen LogP contribution is 2.25. The van der Waals surface area contributed by atoms with E-state index < -0.39 is 35.7 Å². The van der Waals surface area contributed by atoms with Crippen LogP contribution in [0, 0.1) is 34.3 Å². The van der Waals surface area contributed by atoms with Gasteiger partial charge >= 0.3 is 5.97 Å². The van der Waals surface area contributed by atoms with Gasteiger partial charge in [-0.2, -0.15) is 10.5 Å². The standard InChI is InChI=1S/C36H46F2N6O3.C17H20N2O4.C9H15N3.C7H6N2O.C6H5N2O/c1-5-10-44(11-6-2)23-27-13-28(19-29(14-27)36-41-9-12-47-36)35(46)42-33(18-26-15-30(37)20-31(38)16-26)34(45)22-39-21-25-7-8-40-32(17-25)24-43(3)4;1-3-6-19(7-4-2)16(20)13-9-12(15-18-5-8-23-15)10-14(11-13)17(21)22;1-12(2)7-9-5-8(6-10)3-4-11-9;8-4-6-1-2-9-7(3-6)5-10;7-5-6-1-3-8(9)4-2-6/h7-9,12-17,19-20,33-34,39,45H,5-6,10-11,18,21-24H2,1-4H3,(H,42,46);5,8-11H,3-4,6-7H2,1-2H3,(H,21,22);3-5H,6-7,10H2,1-2H3;1-3,10H,5H2;1-4,9H/q;;;;+1/t33-,34+;;;;/m0..../s1. The number of carbonyl (C=O) groups excluding carboxylic acids is 2. The average molecular weight is 1390 g/mol. The van der Waals surface area contributed by atoms with Crippen molar-refractivity contribution in [3.05, 3.63) is 238 Å². The molecule has 24 nitrogen and oxygen atoms in total. The second kappa shape index (κ2) is 43.8. The van der Waals surface area contributed by atoms with Crippen LogP contribution in [0.4, 0.5) is 8.78 Å². The van der Waals surface area contributed by atoms with Gasteiger partial charge in [0.25, 0.3) is 11.8 Å². The van der Waals surface area contributed by atoms with E-state index in [4.69, 9.17) is 35.4 Å². The van der Waals surface area contributed by atoms with Gasteiger partial charge < -0.3 is 55.2 Å². The molecular formula is C75H92F2N15O9+. The van der Waals surface area contributed by atoms with Gasteiger partial charge in [-0.05, 0) is 181 Å². The van der Waals surface area contributed by atoms with Gasteiger partial charge in [0.15, 0.2) is 0 Å². The Hall–Kier alpha value is -10.6. The van der Waals surface area contributed by atoms with Crippen molar-refractivity contribution in [2.45, 2.75) is 111 Å². The summed E-state index contributed by atoms with van der Waals surface area (Å²) in [5.41, 5.74) is 14.3. The minimum Gasteiger partial charge on any atom is -0.478 e. The lowest BCUT2D eigenvalue weighted by Crippen LogP contribution is -2.48. The highest BCUT2D eigenvalue weighted by atomic mass is 19.1. The Morgan fingerprint density at radius 2 is 1.14 bits per heavy atom. The molecule has 101 heavy (non-hydrogen) atoms. The molecule has 0 aliphatic heterocycles. The molecule has 0 unspecified atom stereocenters. The molecule has 9 aromatic rings. The van der Waals surface area contributed by atoms with E-state index in [-0.39, 0.29) is 31.0 Å². The molecule has 26 heteroatoms. The Balaban J connectivity index is 0.000000276. The Labute approximate surface area is 589 Å². The summed E-state index contributed by atoms with van der Waals surface area (Å²) in [6.07, 6.45) is 16.4. The van der Waals surface area contributed by atoms with Crippen molar-refractivity contribution in [1.82, 2.24) is 55.2 Å². The lowest BCUT2D eigenvalue weighted by atomic mass is 9.99. The van der Waals surface area contributed by atoms with Crippen LogP contribution in [0.1, 0.15) is 135 Å². The van der Waals surface area contributed by atoms with Gasteiger partial charge in [0.2, 0.25) is 24.2 Å². The van der Waals surface area contributed by atoms with E-state index in [0.717, 1.165) is 84.2 Å². The van der Waals surface area contributed by atoms with E-state index in [2.05, 4.69) is 59.2 Å². The number of amides is 2. The zero-order valence-electron chi connectivity index (χ0n) is 58.5. The number of pyridine rings is 4. The van der Waals surface area contributed by atoms with Gasteiger partial charge in [-0.3, -0.25) is 34.6 Å². The summed E-state index contributed by atoms with van der Waals surface area (Å²) in [6.45, 7) is 14.6. The third-order valence-electron chi connectivity index (χ3n) is 14.6.